The highest BCUT2D eigenvalue weighted by Gasteiger charge is 2.16. The van der Waals surface area contributed by atoms with E-state index >= 15 is 0 Å². The van der Waals surface area contributed by atoms with Gasteiger partial charge in [0.15, 0.2) is 0 Å². The van der Waals surface area contributed by atoms with E-state index in [1.807, 2.05) is 6.20 Å². The summed E-state index contributed by atoms with van der Waals surface area (Å²) in [5.41, 5.74) is 7.29. The number of anilines is 1. The van der Waals surface area contributed by atoms with Gasteiger partial charge in [0, 0.05) is 38.4 Å². The summed E-state index contributed by atoms with van der Waals surface area (Å²) in [6.45, 7) is 7.47. The topological polar surface area (TPSA) is 45.4 Å². The Balaban J connectivity index is 1.95. The monoisotopic (exact) mass is 262 g/mol. The van der Waals surface area contributed by atoms with E-state index in [1.165, 1.54) is 12.0 Å². The molecule has 106 valence electrons. The third-order valence-electron chi connectivity index (χ3n) is 3.89. The van der Waals surface area contributed by atoms with E-state index in [0.717, 1.165) is 31.9 Å². The van der Waals surface area contributed by atoms with Crippen LogP contribution in [0.25, 0.3) is 0 Å². The largest absolute Gasteiger partial charge is 0.357 e. The van der Waals surface area contributed by atoms with E-state index in [-0.39, 0.29) is 0 Å². The standard InChI is InChI=1S/C15H26N4/c1-12(2)18(3)15-7-6-13(9-17-15)10-19-8-4-5-14(16)11-19/h6-7,9,12,14H,4-5,8,10-11,16H2,1-3H3. The summed E-state index contributed by atoms with van der Waals surface area (Å²) in [5, 5.41) is 0. The molecule has 0 bridgehead atoms. The molecule has 1 saturated heterocycles. The summed E-state index contributed by atoms with van der Waals surface area (Å²) in [6, 6.07) is 5.10. The summed E-state index contributed by atoms with van der Waals surface area (Å²) >= 11 is 0. The molecule has 1 aliphatic heterocycles. The molecule has 1 atom stereocenters. The fourth-order valence-corrected chi connectivity index (χ4v) is 2.48. The lowest BCUT2D eigenvalue weighted by atomic mass is 10.1. The van der Waals surface area contributed by atoms with E-state index in [4.69, 9.17) is 5.73 Å². The molecular weight excluding hydrogens is 236 g/mol. The van der Waals surface area contributed by atoms with Crippen LogP contribution in [0, 0.1) is 0 Å². The van der Waals surface area contributed by atoms with Crippen molar-refractivity contribution >= 4 is 5.82 Å². The second-order valence-electron chi connectivity index (χ2n) is 5.87. The first-order chi connectivity index (χ1) is 9.06. The van der Waals surface area contributed by atoms with Gasteiger partial charge in [0.1, 0.15) is 5.82 Å². The quantitative estimate of drug-likeness (QED) is 0.899. The van der Waals surface area contributed by atoms with E-state index < -0.39 is 0 Å². The third-order valence-corrected chi connectivity index (χ3v) is 3.89. The fourth-order valence-electron chi connectivity index (χ4n) is 2.48. The van der Waals surface area contributed by atoms with Crippen molar-refractivity contribution in [2.45, 2.75) is 45.3 Å². The summed E-state index contributed by atoms with van der Waals surface area (Å²) in [7, 11) is 2.08. The van der Waals surface area contributed by atoms with Crippen molar-refractivity contribution in [2.75, 3.05) is 25.0 Å². The van der Waals surface area contributed by atoms with Gasteiger partial charge in [-0.25, -0.2) is 4.98 Å². The normalized spacial score (nSPS) is 20.8. The molecule has 1 aromatic rings. The Morgan fingerprint density at radius 2 is 2.26 bits per heavy atom. The zero-order chi connectivity index (χ0) is 13.8. The number of hydrogen-bond donors (Lipinski definition) is 1. The van der Waals surface area contributed by atoms with Gasteiger partial charge in [-0.3, -0.25) is 4.90 Å². The van der Waals surface area contributed by atoms with Crippen molar-refractivity contribution in [1.29, 1.82) is 0 Å². The van der Waals surface area contributed by atoms with Gasteiger partial charge < -0.3 is 10.6 Å². The second kappa shape index (κ2) is 6.35. The van der Waals surface area contributed by atoms with Crippen LogP contribution in [0.5, 0.6) is 0 Å². The van der Waals surface area contributed by atoms with Gasteiger partial charge in [0.25, 0.3) is 0 Å². The molecule has 1 unspecified atom stereocenters. The smallest absolute Gasteiger partial charge is 0.128 e. The zero-order valence-electron chi connectivity index (χ0n) is 12.3. The first-order valence-electron chi connectivity index (χ1n) is 7.22. The molecule has 2 N–H and O–H groups in total. The van der Waals surface area contributed by atoms with Crippen LogP contribution in [-0.2, 0) is 6.54 Å². The van der Waals surface area contributed by atoms with Crippen LogP contribution < -0.4 is 10.6 Å². The number of pyridine rings is 1. The third kappa shape index (κ3) is 3.91. The maximum atomic E-state index is 6.01. The SMILES string of the molecule is CC(C)N(C)c1ccc(CN2CCCC(N)C2)cn1. The molecule has 19 heavy (non-hydrogen) atoms. The average Bonchev–Trinajstić information content (AvgIpc) is 2.39. The van der Waals surface area contributed by atoms with Crippen LogP contribution in [0.15, 0.2) is 18.3 Å². The lowest BCUT2D eigenvalue weighted by Crippen LogP contribution is -2.42. The van der Waals surface area contributed by atoms with Gasteiger partial charge in [-0.15, -0.1) is 0 Å². The Bertz CT molecular complexity index is 388. The second-order valence-corrected chi connectivity index (χ2v) is 5.87. The molecule has 4 nitrogen and oxygen atoms in total. The van der Waals surface area contributed by atoms with Crippen molar-refractivity contribution in [3.63, 3.8) is 0 Å². The molecule has 0 aromatic carbocycles. The Kier molecular flexibility index (Phi) is 4.77. The van der Waals surface area contributed by atoms with Crippen molar-refractivity contribution in [1.82, 2.24) is 9.88 Å². The van der Waals surface area contributed by atoms with Gasteiger partial charge in [0.2, 0.25) is 0 Å². The van der Waals surface area contributed by atoms with Crippen LogP contribution in [0.1, 0.15) is 32.3 Å². The predicted molar refractivity (Wildman–Crippen MR) is 80.3 cm³/mol. The molecule has 1 fully saturated rings. The molecule has 0 saturated carbocycles. The van der Waals surface area contributed by atoms with Gasteiger partial charge in [-0.2, -0.15) is 0 Å². The molecule has 0 radical (unpaired) electrons. The molecule has 0 amide bonds. The number of piperidine rings is 1. The number of nitrogens with two attached hydrogens (primary N) is 1. The van der Waals surface area contributed by atoms with E-state index in [2.05, 4.69) is 47.8 Å². The lowest BCUT2D eigenvalue weighted by Gasteiger charge is -2.30. The van der Waals surface area contributed by atoms with Gasteiger partial charge >= 0.3 is 0 Å². The molecule has 1 aliphatic rings. The number of hydrogen-bond acceptors (Lipinski definition) is 4. The van der Waals surface area contributed by atoms with E-state index in [0.29, 0.717) is 12.1 Å². The highest BCUT2D eigenvalue weighted by Crippen LogP contribution is 2.15. The predicted octanol–water partition coefficient (Wildman–Crippen LogP) is 1.85. The number of aromatic nitrogens is 1. The Morgan fingerprint density at radius 3 is 2.84 bits per heavy atom. The van der Waals surface area contributed by atoms with E-state index in [1.54, 1.807) is 0 Å². The number of rotatable bonds is 4. The van der Waals surface area contributed by atoms with Crippen molar-refractivity contribution < 1.29 is 0 Å². The van der Waals surface area contributed by atoms with Gasteiger partial charge in [-0.05, 0) is 44.9 Å². The maximum absolute atomic E-state index is 6.01. The van der Waals surface area contributed by atoms with Gasteiger partial charge in [-0.1, -0.05) is 6.07 Å². The van der Waals surface area contributed by atoms with Crippen molar-refractivity contribution in [3.05, 3.63) is 23.9 Å². The Morgan fingerprint density at radius 1 is 1.47 bits per heavy atom. The van der Waals surface area contributed by atoms with Crippen LogP contribution in [0.4, 0.5) is 5.82 Å². The van der Waals surface area contributed by atoms with Crippen LogP contribution >= 0.6 is 0 Å². The minimum Gasteiger partial charge on any atom is -0.357 e. The summed E-state index contributed by atoms with van der Waals surface area (Å²) in [6.07, 6.45) is 4.37. The average molecular weight is 262 g/mol. The van der Waals surface area contributed by atoms with Crippen molar-refractivity contribution in [2.24, 2.45) is 5.73 Å². The minimum absolute atomic E-state index is 0.341. The van der Waals surface area contributed by atoms with E-state index in [9.17, 15) is 0 Å². The van der Waals surface area contributed by atoms with Gasteiger partial charge in [0.05, 0.1) is 0 Å². The zero-order valence-corrected chi connectivity index (χ0v) is 12.3. The molecule has 2 heterocycles. The molecule has 4 heteroatoms. The van der Waals surface area contributed by atoms with Crippen LogP contribution in [-0.4, -0.2) is 42.1 Å². The highest BCUT2D eigenvalue weighted by molar-refractivity contribution is 5.39. The molecule has 0 aliphatic carbocycles. The minimum atomic E-state index is 0.341. The molecule has 2 rings (SSSR count). The van der Waals surface area contributed by atoms with Crippen LogP contribution in [0.2, 0.25) is 0 Å². The van der Waals surface area contributed by atoms with Crippen LogP contribution in [0.3, 0.4) is 0 Å². The Labute approximate surface area is 116 Å². The Hall–Kier alpha value is -1.13. The summed E-state index contributed by atoms with van der Waals surface area (Å²) in [5.74, 6) is 1.04. The first kappa shape index (κ1) is 14.3. The molecular formula is C15H26N4. The highest BCUT2D eigenvalue weighted by atomic mass is 15.2. The van der Waals surface area contributed by atoms with Crippen molar-refractivity contribution in [3.8, 4) is 0 Å². The number of nitrogens with zero attached hydrogens (tertiary/aromatic N) is 3. The first-order valence-corrected chi connectivity index (χ1v) is 7.22. The molecule has 0 spiro atoms. The summed E-state index contributed by atoms with van der Waals surface area (Å²) < 4.78 is 0. The fraction of sp³-hybridized carbons (Fsp3) is 0.667. The maximum Gasteiger partial charge on any atom is 0.128 e. The molecule has 1 aromatic heterocycles. The lowest BCUT2D eigenvalue weighted by molar-refractivity contribution is 0.201. The number of likely N-dealkylation sites (tertiary alicyclic amines) is 1. The summed E-state index contributed by atoms with van der Waals surface area (Å²) in [4.78, 5) is 9.16.